The lowest BCUT2D eigenvalue weighted by molar-refractivity contribution is -0.121. The number of piperidine rings is 1. The Morgan fingerprint density at radius 2 is 1.68 bits per heavy atom. The van der Waals surface area contributed by atoms with Crippen LogP contribution in [-0.4, -0.2) is 54.0 Å². The largest absolute Gasteiger partial charge is 0.353 e. The molecule has 1 aromatic rings. The van der Waals surface area contributed by atoms with Crippen LogP contribution < -0.4 is 5.32 Å². The fraction of sp³-hybridized carbons (Fsp3) is 0.652. The highest BCUT2D eigenvalue weighted by atomic mass is 16.2. The number of carbonyl (C=O) groups excluding carboxylic acids is 2. The lowest BCUT2D eigenvalue weighted by Gasteiger charge is -2.41. The molecule has 0 radical (unpaired) electrons. The van der Waals surface area contributed by atoms with Gasteiger partial charge in [0, 0.05) is 38.6 Å². The maximum atomic E-state index is 12.8. The van der Waals surface area contributed by atoms with Crippen LogP contribution in [0.2, 0.25) is 0 Å². The molecule has 0 aromatic heterocycles. The molecule has 0 unspecified atom stereocenters. The van der Waals surface area contributed by atoms with Gasteiger partial charge in [-0.25, -0.2) is 4.79 Å². The zero-order valence-electron chi connectivity index (χ0n) is 16.7. The minimum atomic E-state index is 0.142. The van der Waals surface area contributed by atoms with Gasteiger partial charge in [0.2, 0.25) is 5.91 Å². The van der Waals surface area contributed by atoms with Gasteiger partial charge in [-0.05, 0) is 67.4 Å². The number of amides is 3. The molecule has 2 aliphatic heterocycles. The fourth-order valence-corrected chi connectivity index (χ4v) is 5.66. The van der Waals surface area contributed by atoms with Gasteiger partial charge in [0.15, 0.2) is 0 Å². The number of rotatable bonds is 3. The second-order valence-electron chi connectivity index (χ2n) is 9.28. The zero-order chi connectivity index (χ0) is 19.1. The first-order valence-electron chi connectivity index (χ1n) is 11.1. The quantitative estimate of drug-likeness (QED) is 0.873. The molecule has 1 atom stereocenters. The van der Waals surface area contributed by atoms with Crippen LogP contribution >= 0.6 is 0 Å². The lowest BCUT2D eigenvalue weighted by Crippen LogP contribution is -2.49. The Morgan fingerprint density at radius 1 is 1.00 bits per heavy atom. The van der Waals surface area contributed by atoms with Gasteiger partial charge in [0.05, 0.1) is 0 Å². The van der Waals surface area contributed by atoms with Crippen molar-refractivity contribution in [3.63, 3.8) is 0 Å². The summed E-state index contributed by atoms with van der Waals surface area (Å²) in [5.41, 5.74) is 2.95. The summed E-state index contributed by atoms with van der Waals surface area (Å²) in [7, 11) is 0. The van der Waals surface area contributed by atoms with Crippen LogP contribution in [-0.2, 0) is 10.2 Å². The average Bonchev–Trinajstić information content (AvgIpc) is 3.25. The van der Waals surface area contributed by atoms with E-state index in [-0.39, 0.29) is 17.4 Å². The molecule has 1 aromatic carbocycles. The SMILES string of the molecule is O=C(C[C@H]1CC2(CCN(C(=O)N3CCCC3)CC2)c2ccccc21)NC1CC1. The number of carbonyl (C=O) groups is 2. The highest BCUT2D eigenvalue weighted by Gasteiger charge is 2.46. The maximum Gasteiger partial charge on any atom is 0.319 e. The molecule has 1 spiro atoms. The van der Waals surface area contributed by atoms with Crippen molar-refractivity contribution in [3.8, 4) is 0 Å². The van der Waals surface area contributed by atoms with Gasteiger partial charge in [0.1, 0.15) is 0 Å². The van der Waals surface area contributed by atoms with E-state index in [1.54, 1.807) is 0 Å². The van der Waals surface area contributed by atoms with E-state index < -0.39 is 0 Å². The first-order valence-corrected chi connectivity index (χ1v) is 11.1. The Kier molecular flexibility index (Phi) is 4.56. The van der Waals surface area contributed by atoms with Crippen molar-refractivity contribution in [1.82, 2.24) is 15.1 Å². The zero-order valence-corrected chi connectivity index (χ0v) is 16.7. The molecule has 3 amide bonds. The number of nitrogens with zero attached hydrogens (tertiary/aromatic N) is 2. The summed E-state index contributed by atoms with van der Waals surface area (Å²) >= 11 is 0. The molecule has 28 heavy (non-hydrogen) atoms. The Labute approximate surface area is 167 Å². The minimum absolute atomic E-state index is 0.142. The van der Waals surface area contributed by atoms with Crippen molar-refractivity contribution in [3.05, 3.63) is 35.4 Å². The summed E-state index contributed by atoms with van der Waals surface area (Å²) in [5, 5.41) is 3.16. The number of likely N-dealkylation sites (tertiary alicyclic amines) is 2. The standard InChI is InChI=1S/C23H31N3O2/c27-21(24-18-7-8-18)15-17-16-23(20-6-2-1-5-19(17)20)9-13-26(14-10-23)22(28)25-11-3-4-12-25/h1-2,5-6,17-18H,3-4,7-16H2,(H,24,27)/t17-/m0/s1. The average molecular weight is 382 g/mol. The third-order valence-electron chi connectivity index (χ3n) is 7.35. The topological polar surface area (TPSA) is 52.7 Å². The molecule has 1 saturated carbocycles. The van der Waals surface area contributed by atoms with Crippen LogP contribution in [0, 0.1) is 0 Å². The van der Waals surface area contributed by atoms with Crippen LogP contribution in [0.25, 0.3) is 0 Å². The number of hydrogen-bond acceptors (Lipinski definition) is 2. The van der Waals surface area contributed by atoms with Crippen molar-refractivity contribution < 1.29 is 9.59 Å². The second-order valence-corrected chi connectivity index (χ2v) is 9.28. The Balaban J connectivity index is 1.28. The molecule has 2 saturated heterocycles. The van der Waals surface area contributed by atoms with E-state index in [9.17, 15) is 9.59 Å². The fourth-order valence-electron chi connectivity index (χ4n) is 5.66. The van der Waals surface area contributed by atoms with E-state index in [0.29, 0.717) is 18.4 Å². The van der Waals surface area contributed by atoms with Gasteiger partial charge in [0.25, 0.3) is 0 Å². The molecule has 1 N–H and O–H groups in total. The summed E-state index contributed by atoms with van der Waals surface area (Å²) in [5.74, 6) is 0.525. The summed E-state index contributed by atoms with van der Waals surface area (Å²) in [6.07, 6.45) is 8.25. The molecule has 2 aliphatic carbocycles. The molecule has 150 valence electrons. The molecule has 5 nitrogen and oxygen atoms in total. The van der Waals surface area contributed by atoms with E-state index in [4.69, 9.17) is 0 Å². The van der Waals surface area contributed by atoms with Gasteiger partial charge >= 0.3 is 6.03 Å². The number of nitrogens with one attached hydrogen (secondary N) is 1. The maximum absolute atomic E-state index is 12.8. The minimum Gasteiger partial charge on any atom is -0.353 e. The van der Waals surface area contributed by atoms with Crippen molar-refractivity contribution in [1.29, 1.82) is 0 Å². The summed E-state index contributed by atoms with van der Waals surface area (Å²) in [6.45, 7) is 3.51. The third-order valence-corrected chi connectivity index (χ3v) is 7.35. The number of urea groups is 1. The van der Waals surface area contributed by atoms with Gasteiger partial charge in [-0.15, -0.1) is 0 Å². The van der Waals surface area contributed by atoms with E-state index in [1.165, 1.54) is 11.1 Å². The summed E-state index contributed by atoms with van der Waals surface area (Å²) in [4.78, 5) is 29.3. The van der Waals surface area contributed by atoms with Crippen molar-refractivity contribution >= 4 is 11.9 Å². The van der Waals surface area contributed by atoms with Gasteiger partial charge < -0.3 is 15.1 Å². The van der Waals surface area contributed by atoms with Gasteiger partial charge in [-0.3, -0.25) is 4.79 Å². The van der Waals surface area contributed by atoms with Crippen LogP contribution in [0.3, 0.4) is 0 Å². The van der Waals surface area contributed by atoms with Crippen LogP contribution in [0.4, 0.5) is 4.79 Å². The lowest BCUT2D eigenvalue weighted by atomic mass is 9.73. The third kappa shape index (κ3) is 3.29. The van der Waals surface area contributed by atoms with E-state index in [0.717, 1.165) is 71.1 Å². The van der Waals surface area contributed by atoms with Crippen molar-refractivity contribution in [2.45, 2.75) is 68.7 Å². The Hall–Kier alpha value is -2.04. The first kappa shape index (κ1) is 18.0. The van der Waals surface area contributed by atoms with E-state index in [2.05, 4.69) is 34.5 Å². The van der Waals surface area contributed by atoms with Gasteiger partial charge in [-0.2, -0.15) is 0 Å². The monoisotopic (exact) mass is 381 g/mol. The van der Waals surface area contributed by atoms with Gasteiger partial charge in [-0.1, -0.05) is 24.3 Å². The predicted octanol–water partition coefficient (Wildman–Crippen LogP) is 3.39. The normalized spacial score (nSPS) is 25.8. The van der Waals surface area contributed by atoms with Crippen molar-refractivity contribution in [2.24, 2.45) is 0 Å². The Bertz CT molecular complexity index is 759. The number of benzene rings is 1. The molecule has 3 fully saturated rings. The van der Waals surface area contributed by atoms with E-state index >= 15 is 0 Å². The summed E-state index contributed by atoms with van der Waals surface area (Å²) < 4.78 is 0. The second kappa shape index (κ2) is 7.09. The van der Waals surface area contributed by atoms with E-state index in [1.807, 2.05) is 4.90 Å². The number of hydrogen-bond donors (Lipinski definition) is 1. The molecule has 2 heterocycles. The molecule has 5 heteroatoms. The smallest absolute Gasteiger partial charge is 0.319 e. The van der Waals surface area contributed by atoms with Crippen LogP contribution in [0.1, 0.15) is 68.4 Å². The molecule has 0 bridgehead atoms. The molecular weight excluding hydrogens is 350 g/mol. The highest BCUT2D eigenvalue weighted by Crippen LogP contribution is 2.52. The molecule has 5 rings (SSSR count). The highest BCUT2D eigenvalue weighted by molar-refractivity contribution is 5.78. The van der Waals surface area contributed by atoms with Crippen LogP contribution in [0.15, 0.2) is 24.3 Å². The first-order chi connectivity index (χ1) is 13.6. The summed E-state index contributed by atoms with van der Waals surface area (Å²) in [6, 6.07) is 9.40. The van der Waals surface area contributed by atoms with Crippen molar-refractivity contribution in [2.75, 3.05) is 26.2 Å². The number of fused-ring (bicyclic) bond motifs is 2. The Morgan fingerprint density at radius 3 is 2.39 bits per heavy atom. The molecule has 4 aliphatic rings. The predicted molar refractivity (Wildman–Crippen MR) is 108 cm³/mol. The molecular formula is C23H31N3O2. The van der Waals surface area contributed by atoms with Crippen LogP contribution in [0.5, 0.6) is 0 Å².